The molecular weight excluding hydrogens is 215 g/mol. The normalized spacial score (nSPS) is 15.9. The lowest BCUT2D eigenvalue weighted by Gasteiger charge is -2.27. The highest BCUT2D eigenvalue weighted by Crippen LogP contribution is 2.30. The Morgan fingerprint density at radius 1 is 1.47 bits per heavy atom. The van der Waals surface area contributed by atoms with Crippen LogP contribution >= 0.6 is 0 Å². The Bertz CT molecular complexity index is 220. The number of carbonyl (C=O) groups is 1. The summed E-state index contributed by atoms with van der Waals surface area (Å²) in [5, 5.41) is 11.5. The first-order valence-corrected chi connectivity index (χ1v) is 4.37. The summed E-state index contributed by atoms with van der Waals surface area (Å²) < 4.78 is 41.1. The SMILES string of the molecule is CCCNCC(O)(C(=O)OC)C(F)(F)F. The largest absolute Gasteiger partial charge is 0.467 e. The molecule has 90 valence electrons. The molecule has 0 aliphatic rings. The highest BCUT2D eigenvalue weighted by molar-refractivity contribution is 5.80. The molecule has 0 aliphatic heterocycles. The Labute approximate surface area is 85.4 Å². The van der Waals surface area contributed by atoms with Gasteiger partial charge in [0.25, 0.3) is 5.60 Å². The molecule has 2 N–H and O–H groups in total. The fourth-order valence-electron chi connectivity index (χ4n) is 0.903. The average molecular weight is 229 g/mol. The van der Waals surface area contributed by atoms with Crippen molar-refractivity contribution in [2.24, 2.45) is 0 Å². The second-order valence-electron chi connectivity index (χ2n) is 3.03. The minimum atomic E-state index is -5.05. The number of esters is 1. The highest BCUT2D eigenvalue weighted by Gasteiger charge is 2.60. The van der Waals surface area contributed by atoms with E-state index in [1.165, 1.54) is 0 Å². The van der Waals surface area contributed by atoms with E-state index in [2.05, 4.69) is 10.1 Å². The third-order valence-electron chi connectivity index (χ3n) is 1.80. The average Bonchev–Trinajstić information content (AvgIpc) is 2.15. The van der Waals surface area contributed by atoms with Gasteiger partial charge < -0.3 is 15.2 Å². The molecule has 0 spiro atoms. The molecule has 15 heavy (non-hydrogen) atoms. The molecule has 0 aromatic rings. The smallest absolute Gasteiger partial charge is 0.429 e. The standard InChI is InChI=1S/C8H14F3NO3/c1-3-4-12-5-7(14,6(13)15-2)8(9,10)11/h12,14H,3-5H2,1-2H3. The predicted octanol–water partition coefficient (Wildman–Crippen LogP) is 0.452. The van der Waals surface area contributed by atoms with Crippen molar-refractivity contribution in [2.45, 2.75) is 25.1 Å². The van der Waals surface area contributed by atoms with Crippen molar-refractivity contribution in [3.05, 3.63) is 0 Å². The topological polar surface area (TPSA) is 58.6 Å². The Morgan fingerprint density at radius 2 is 2.00 bits per heavy atom. The number of hydrogen-bond donors (Lipinski definition) is 2. The fourth-order valence-corrected chi connectivity index (χ4v) is 0.903. The number of carbonyl (C=O) groups excluding carboxylic acids is 1. The fraction of sp³-hybridized carbons (Fsp3) is 0.875. The van der Waals surface area contributed by atoms with E-state index >= 15 is 0 Å². The van der Waals surface area contributed by atoms with E-state index in [1.807, 2.05) is 0 Å². The van der Waals surface area contributed by atoms with E-state index in [0.717, 1.165) is 7.11 Å². The first-order chi connectivity index (χ1) is 6.79. The first kappa shape index (κ1) is 14.2. The molecule has 0 saturated heterocycles. The number of ether oxygens (including phenoxy) is 1. The molecule has 1 atom stereocenters. The van der Waals surface area contributed by atoms with Crippen molar-refractivity contribution >= 4 is 5.97 Å². The summed E-state index contributed by atoms with van der Waals surface area (Å²) in [6.45, 7) is 1.12. The number of halogens is 3. The van der Waals surface area contributed by atoms with Crippen LogP contribution in [0.3, 0.4) is 0 Å². The maximum absolute atomic E-state index is 12.4. The summed E-state index contributed by atoms with van der Waals surface area (Å²) in [4.78, 5) is 10.8. The summed E-state index contributed by atoms with van der Waals surface area (Å²) in [6.07, 6.45) is -4.46. The van der Waals surface area contributed by atoms with Gasteiger partial charge in [-0.05, 0) is 13.0 Å². The zero-order valence-electron chi connectivity index (χ0n) is 8.52. The maximum Gasteiger partial charge on any atom is 0.429 e. The first-order valence-electron chi connectivity index (χ1n) is 4.37. The lowest BCUT2D eigenvalue weighted by atomic mass is 10.0. The van der Waals surface area contributed by atoms with Crippen LogP contribution < -0.4 is 5.32 Å². The van der Waals surface area contributed by atoms with Crippen LogP contribution in [-0.2, 0) is 9.53 Å². The van der Waals surface area contributed by atoms with Crippen LogP contribution in [0.5, 0.6) is 0 Å². The van der Waals surface area contributed by atoms with Crippen LogP contribution in [0, 0.1) is 0 Å². The van der Waals surface area contributed by atoms with Crippen LogP contribution in [0.25, 0.3) is 0 Å². The Kier molecular flexibility index (Phi) is 5.02. The number of rotatable bonds is 5. The van der Waals surface area contributed by atoms with Crippen LogP contribution in [-0.4, -0.2) is 43.1 Å². The van der Waals surface area contributed by atoms with Crippen molar-refractivity contribution in [1.82, 2.24) is 5.32 Å². The van der Waals surface area contributed by atoms with Crippen LogP contribution in [0.15, 0.2) is 0 Å². The van der Waals surface area contributed by atoms with E-state index in [9.17, 15) is 23.1 Å². The van der Waals surface area contributed by atoms with Crippen LogP contribution in [0.4, 0.5) is 13.2 Å². The van der Waals surface area contributed by atoms with Gasteiger partial charge in [-0.1, -0.05) is 6.92 Å². The van der Waals surface area contributed by atoms with Gasteiger partial charge in [-0.25, -0.2) is 4.79 Å². The van der Waals surface area contributed by atoms with Crippen molar-refractivity contribution in [3.63, 3.8) is 0 Å². The van der Waals surface area contributed by atoms with E-state index in [1.54, 1.807) is 6.92 Å². The summed E-state index contributed by atoms with van der Waals surface area (Å²) >= 11 is 0. The number of nitrogens with one attached hydrogen (secondary N) is 1. The van der Waals surface area contributed by atoms with Gasteiger partial charge in [0.2, 0.25) is 0 Å². The lowest BCUT2D eigenvalue weighted by Crippen LogP contribution is -2.58. The molecule has 0 bridgehead atoms. The zero-order valence-corrected chi connectivity index (χ0v) is 8.52. The zero-order chi connectivity index (χ0) is 12.1. The Morgan fingerprint density at radius 3 is 2.33 bits per heavy atom. The highest BCUT2D eigenvalue weighted by atomic mass is 19.4. The third kappa shape index (κ3) is 3.35. The summed E-state index contributed by atoms with van der Waals surface area (Å²) in [5.74, 6) is -1.71. The minimum Gasteiger partial charge on any atom is -0.467 e. The van der Waals surface area contributed by atoms with Gasteiger partial charge >= 0.3 is 12.1 Å². The van der Waals surface area contributed by atoms with Gasteiger partial charge in [-0.2, -0.15) is 13.2 Å². The lowest BCUT2D eigenvalue weighted by molar-refractivity contribution is -0.259. The molecule has 4 nitrogen and oxygen atoms in total. The molecule has 0 fully saturated rings. The van der Waals surface area contributed by atoms with E-state index in [-0.39, 0.29) is 6.54 Å². The molecule has 0 radical (unpaired) electrons. The van der Waals surface area contributed by atoms with Gasteiger partial charge in [-0.3, -0.25) is 0 Å². The summed E-state index contributed by atoms with van der Waals surface area (Å²) in [7, 11) is 0.791. The number of methoxy groups -OCH3 is 1. The number of hydrogen-bond acceptors (Lipinski definition) is 4. The quantitative estimate of drug-likeness (QED) is 0.531. The maximum atomic E-state index is 12.4. The second-order valence-corrected chi connectivity index (χ2v) is 3.03. The van der Waals surface area contributed by atoms with Crippen molar-refractivity contribution in [1.29, 1.82) is 0 Å². The van der Waals surface area contributed by atoms with E-state index < -0.39 is 24.3 Å². The number of alkyl halides is 3. The molecule has 0 heterocycles. The summed E-state index contributed by atoms with van der Waals surface area (Å²) in [5.41, 5.74) is -3.48. The molecular formula is C8H14F3NO3. The minimum absolute atomic E-state index is 0.273. The third-order valence-corrected chi connectivity index (χ3v) is 1.80. The van der Waals surface area contributed by atoms with Gasteiger partial charge in [0.05, 0.1) is 7.11 Å². The molecule has 0 amide bonds. The molecule has 0 aliphatic carbocycles. The second kappa shape index (κ2) is 5.32. The van der Waals surface area contributed by atoms with Crippen molar-refractivity contribution in [2.75, 3.05) is 20.2 Å². The molecule has 0 aromatic heterocycles. The molecule has 0 aromatic carbocycles. The Hall–Kier alpha value is -0.820. The van der Waals surface area contributed by atoms with E-state index in [4.69, 9.17) is 0 Å². The van der Waals surface area contributed by atoms with Crippen LogP contribution in [0.1, 0.15) is 13.3 Å². The molecule has 7 heteroatoms. The van der Waals surface area contributed by atoms with E-state index in [0.29, 0.717) is 6.42 Å². The van der Waals surface area contributed by atoms with Gasteiger partial charge in [0.15, 0.2) is 0 Å². The number of aliphatic hydroxyl groups is 1. The van der Waals surface area contributed by atoms with Crippen LogP contribution in [0.2, 0.25) is 0 Å². The van der Waals surface area contributed by atoms with Gasteiger partial charge in [-0.15, -0.1) is 0 Å². The van der Waals surface area contributed by atoms with Gasteiger partial charge in [0, 0.05) is 6.54 Å². The monoisotopic (exact) mass is 229 g/mol. The molecule has 0 saturated carbocycles. The molecule has 1 unspecified atom stereocenters. The van der Waals surface area contributed by atoms with Crippen molar-refractivity contribution < 1.29 is 27.8 Å². The van der Waals surface area contributed by atoms with Crippen molar-refractivity contribution in [3.8, 4) is 0 Å². The van der Waals surface area contributed by atoms with Gasteiger partial charge in [0.1, 0.15) is 0 Å². The molecule has 0 rings (SSSR count). The summed E-state index contributed by atoms with van der Waals surface area (Å²) in [6, 6.07) is 0. The Balaban J connectivity index is 4.64. The predicted molar refractivity (Wildman–Crippen MR) is 46.2 cm³/mol.